The maximum atomic E-state index is 13.0. The van der Waals surface area contributed by atoms with E-state index in [4.69, 9.17) is 14.2 Å². The number of Topliss-reactive ketones (excluding diaryl/α,β-unsaturated/α-hetero) is 1. The van der Waals surface area contributed by atoms with E-state index in [1.165, 1.54) is 7.11 Å². The van der Waals surface area contributed by atoms with Crippen LogP contribution in [-0.2, 0) is 0 Å². The lowest BCUT2D eigenvalue weighted by molar-refractivity contribution is 0.0732. The summed E-state index contributed by atoms with van der Waals surface area (Å²) in [6.45, 7) is 1.76. The first kappa shape index (κ1) is 22.2. The molecule has 1 aliphatic heterocycles. The molecule has 4 aromatic rings. The number of allylic oxidation sites excluding steroid dienone is 1. The van der Waals surface area contributed by atoms with Gasteiger partial charge < -0.3 is 14.2 Å². The smallest absolute Gasteiger partial charge is 0.343 e. The number of hydrogen-bond acceptors (Lipinski definition) is 5. The lowest BCUT2D eigenvalue weighted by Gasteiger charge is -2.10. The van der Waals surface area contributed by atoms with Crippen molar-refractivity contribution in [1.82, 2.24) is 0 Å². The third-order valence-electron chi connectivity index (χ3n) is 5.86. The van der Waals surface area contributed by atoms with Crippen molar-refractivity contribution in [3.8, 4) is 28.4 Å². The fourth-order valence-electron chi connectivity index (χ4n) is 3.94. The van der Waals surface area contributed by atoms with Gasteiger partial charge in [0.05, 0.1) is 18.2 Å². The number of carbonyl (C=O) groups is 2. The molecule has 0 saturated carbocycles. The van der Waals surface area contributed by atoms with Crippen LogP contribution < -0.4 is 14.2 Å². The minimum absolute atomic E-state index is 0.207. The number of ether oxygens (including phenoxy) is 3. The van der Waals surface area contributed by atoms with Gasteiger partial charge in [-0.25, -0.2) is 4.79 Å². The molecule has 0 aromatic heterocycles. The van der Waals surface area contributed by atoms with Crippen LogP contribution in [0.2, 0.25) is 0 Å². The van der Waals surface area contributed by atoms with Gasteiger partial charge in [0.25, 0.3) is 0 Å². The molecule has 1 aliphatic rings. The molecule has 0 aliphatic carbocycles. The molecule has 5 nitrogen and oxygen atoms in total. The first-order chi connectivity index (χ1) is 17.0. The first-order valence-corrected chi connectivity index (χ1v) is 11.1. The summed E-state index contributed by atoms with van der Waals surface area (Å²) >= 11 is 0. The molecule has 172 valence electrons. The standard InChI is InChI=1S/C30H22O5/c1-19-26(35-30(32)23-9-6-10-24(18-23)33-2)16-15-25-28(31)27(34-29(19)25)17-20-11-13-22(14-12-20)21-7-4-3-5-8-21/h3-18H,1-2H3/b27-17-. The van der Waals surface area contributed by atoms with Crippen molar-refractivity contribution < 1.29 is 23.8 Å². The van der Waals surface area contributed by atoms with Crippen molar-refractivity contribution in [2.75, 3.05) is 7.11 Å². The van der Waals surface area contributed by atoms with Crippen LogP contribution in [0.1, 0.15) is 31.8 Å². The summed E-state index contributed by atoms with van der Waals surface area (Å²) in [6.07, 6.45) is 1.72. The van der Waals surface area contributed by atoms with Crippen LogP contribution in [-0.4, -0.2) is 18.9 Å². The van der Waals surface area contributed by atoms with E-state index in [2.05, 4.69) is 12.1 Å². The Labute approximate surface area is 203 Å². The molecule has 0 N–H and O–H groups in total. The van der Waals surface area contributed by atoms with Gasteiger partial charge in [-0.05, 0) is 60.0 Å². The van der Waals surface area contributed by atoms with Crippen molar-refractivity contribution in [2.45, 2.75) is 6.92 Å². The third-order valence-corrected chi connectivity index (χ3v) is 5.86. The predicted molar refractivity (Wildman–Crippen MR) is 134 cm³/mol. The zero-order valence-electron chi connectivity index (χ0n) is 19.3. The van der Waals surface area contributed by atoms with Gasteiger partial charge in [0.2, 0.25) is 5.78 Å². The number of benzene rings is 4. The van der Waals surface area contributed by atoms with E-state index in [1.54, 1.807) is 49.4 Å². The lowest BCUT2D eigenvalue weighted by Crippen LogP contribution is -2.09. The van der Waals surface area contributed by atoms with Crippen molar-refractivity contribution in [3.05, 3.63) is 119 Å². The topological polar surface area (TPSA) is 61.8 Å². The fraction of sp³-hybridized carbons (Fsp3) is 0.0667. The largest absolute Gasteiger partial charge is 0.497 e. The molecular weight excluding hydrogens is 440 g/mol. The Morgan fingerprint density at radius 1 is 0.857 bits per heavy atom. The average molecular weight is 463 g/mol. The number of esters is 1. The highest BCUT2D eigenvalue weighted by Gasteiger charge is 2.30. The second-order valence-corrected chi connectivity index (χ2v) is 8.11. The molecule has 0 unspecified atom stereocenters. The molecule has 0 radical (unpaired) electrons. The molecule has 1 heterocycles. The monoisotopic (exact) mass is 462 g/mol. The van der Waals surface area contributed by atoms with E-state index in [9.17, 15) is 9.59 Å². The first-order valence-electron chi connectivity index (χ1n) is 11.1. The highest BCUT2D eigenvalue weighted by atomic mass is 16.5. The lowest BCUT2D eigenvalue weighted by atomic mass is 10.0. The zero-order valence-corrected chi connectivity index (χ0v) is 19.3. The summed E-state index contributed by atoms with van der Waals surface area (Å²) in [4.78, 5) is 25.6. The Hall–Kier alpha value is -4.64. The van der Waals surface area contributed by atoms with Gasteiger partial charge in [-0.3, -0.25) is 4.79 Å². The molecule has 0 spiro atoms. The van der Waals surface area contributed by atoms with E-state index < -0.39 is 5.97 Å². The Kier molecular flexibility index (Phi) is 5.90. The number of methoxy groups -OCH3 is 1. The summed E-state index contributed by atoms with van der Waals surface area (Å²) in [5.41, 5.74) is 4.45. The molecule has 0 bridgehead atoms. The van der Waals surface area contributed by atoms with E-state index >= 15 is 0 Å². The molecule has 5 rings (SSSR count). The molecule has 4 aromatic carbocycles. The van der Waals surface area contributed by atoms with E-state index in [-0.39, 0.29) is 11.5 Å². The van der Waals surface area contributed by atoms with Gasteiger partial charge in [-0.2, -0.15) is 0 Å². The van der Waals surface area contributed by atoms with Crippen LogP contribution in [0.15, 0.2) is 96.8 Å². The second-order valence-electron chi connectivity index (χ2n) is 8.11. The number of rotatable bonds is 5. The molecule has 0 atom stereocenters. The molecule has 35 heavy (non-hydrogen) atoms. The molecule has 0 saturated heterocycles. The maximum absolute atomic E-state index is 13.0. The van der Waals surface area contributed by atoms with Gasteiger partial charge >= 0.3 is 5.97 Å². The van der Waals surface area contributed by atoms with Crippen LogP contribution in [0, 0.1) is 6.92 Å². The summed E-state index contributed by atoms with van der Waals surface area (Å²) in [5.74, 6) is 0.792. The van der Waals surface area contributed by atoms with Crippen LogP contribution in [0.3, 0.4) is 0 Å². The van der Waals surface area contributed by atoms with Gasteiger partial charge in [-0.15, -0.1) is 0 Å². The number of hydrogen-bond donors (Lipinski definition) is 0. The van der Waals surface area contributed by atoms with Crippen molar-refractivity contribution in [1.29, 1.82) is 0 Å². The van der Waals surface area contributed by atoms with Crippen LogP contribution in [0.5, 0.6) is 17.2 Å². The van der Waals surface area contributed by atoms with Crippen LogP contribution in [0.25, 0.3) is 17.2 Å². The minimum atomic E-state index is -0.523. The Bertz CT molecular complexity index is 1450. The minimum Gasteiger partial charge on any atom is -0.497 e. The Morgan fingerprint density at radius 2 is 1.60 bits per heavy atom. The Balaban J connectivity index is 1.36. The highest BCUT2D eigenvalue weighted by molar-refractivity contribution is 6.15. The summed E-state index contributed by atoms with van der Waals surface area (Å²) < 4.78 is 16.7. The zero-order chi connectivity index (χ0) is 24.4. The summed E-state index contributed by atoms with van der Waals surface area (Å²) in [5, 5.41) is 0. The van der Waals surface area contributed by atoms with E-state index in [1.807, 2.05) is 42.5 Å². The normalized spacial score (nSPS) is 13.3. The molecule has 0 amide bonds. The maximum Gasteiger partial charge on any atom is 0.343 e. The van der Waals surface area contributed by atoms with Crippen LogP contribution in [0.4, 0.5) is 0 Å². The van der Waals surface area contributed by atoms with Gasteiger partial charge in [0.15, 0.2) is 5.76 Å². The van der Waals surface area contributed by atoms with Crippen LogP contribution >= 0.6 is 0 Å². The van der Waals surface area contributed by atoms with Crippen molar-refractivity contribution in [3.63, 3.8) is 0 Å². The molecular formula is C30H22O5. The SMILES string of the molecule is COc1cccc(C(=O)Oc2ccc3c(c2C)O/C(=C\c2ccc(-c4ccccc4)cc2)C3=O)c1. The molecule has 5 heteroatoms. The van der Waals surface area contributed by atoms with Crippen molar-refractivity contribution >= 4 is 17.8 Å². The van der Waals surface area contributed by atoms with Gasteiger partial charge in [-0.1, -0.05) is 60.7 Å². The van der Waals surface area contributed by atoms with Gasteiger partial charge in [0, 0.05) is 5.56 Å². The summed E-state index contributed by atoms with van der Waals surface area (Å²) in [7, 11) is 1.53. The second kappa shape index (κ2) is 9.31. The predicted octanol–water partition coefficient (Wildman–Crippen LogP) is 6.51. The van der Waals surface area contributed by atoms with Crippen molar-refractivity contribution in [2.24, 2.45) is 0 Å². The average Bonchev–Trinajstić information content (AvgIpc) is 3.22. The quantitative estimate of drug-likeness (QED) is 0.192. The van der Waals surface area contributed by atoms with Gasteiger partial charge in [0.1, 0.15) is 17.2 Å². The number of carbonyl (C=O) groups excluding carboxylic acids is 2. The fourth-order valence-corrected chi connectivity index (χ4v) is 3.94. The molecule has 0 fully saturated rings. The van der Waals surface area contributed by atoms with E-state index in [0.717, 1.165) is 16.7 Å². The highest BCUT2D eigenvalue weighted by Crippen LogP contribution is 2.39. The third kappa shape index (κ3) is 4.44. The van der Waals surface area contributed by atoms with E-state index in [0.29, 0.717) is 33.9 Å². The number of ketones is 1. The number of fused-ring (bicyclic) bond motifs is 1. The Morgan fingerprint density at radius 3 is 2.34 bits per heavy atom. The summed E-state index contributed by atoms with van der Waals surface area (Å²) in [6, 6.07) is 28.0.